The molecule has 0 saturated heterocycles. The zero-order valence-electron chi connectivity index (χ0n) is 5.90. The molecule has 0 aromatic rings. The number of aliphatic imine (C=N–C) groups is 1. The average Bonchev–Trinajstić information content (AvgIpc) is 1.98. The van der Waals surface area contributed by atoms with E-state index in [-0.39, 0.29) is 12.4 Å². The van der Waals surface area contributed by atoms with Crippen molar-refractivity contribution in [1.82, 2.24) is 0 Å². The monoisotopic (exact) mass is 146 g/mol. The van der Waals surface area contributed by atoms with Gasteiger partial charge in [0.1, 0.15) is 5.70 Å². The SMILES string of the molecule is CC1=C(C)[NH+](C)C=N1.[Cl-]. The highest BCUT2D eigenvalue weighted by molar-refractivity contribution is 5.50. The third-order valence-electron chi connectivity index (χ3n) is 1.59. The van der Waals surface area contributed by atoms with Gasteiger partial charge in [0, 0.05) is 6.92 Å². The van der Waals surface area contributed by atoms with Gasteiger partial charge in [-0.1, -0.05) is 0 Å². The molecule has 0 aromatic carbocycles. The highest BCUT2D eigenvalue weighted by atomic mass is 35.5. The number of quaternary nitrogens is 1. The first kappa shape index (κ1) is 8.66. The molecule has 0 aliphatic carbocycles. The summed E-state index contributed by atoms with van der Waals surface area (Å²) in [6.45, 7) is 4.12. The Labute approximate surface area is 61.7 Å². The van der Waals surface area contributed by atoms with Crippen molar-refractivity contribution in [2.24, 2.45) is 4.99 Å². The molecule has 1 aliphatic rings. The molecule has 0 amide bonds. The van der Waals surface area contributed by atoms with E-state index < -0.39 is 0 Å². The molecule has 0 aromatic heterocycles. The summed E-state index contributed by atoms with van der Waals surface area (Å²) < 4.78 is 0. The van der Waals surface area contributed by atoms with Crippen molar-refractivity contribution in [1.29, 1.82) is 0 Å². The largest absolute Gasteiger partial charge is 1.00 e. The van der Waals surface area contributed by atoms with E-state index in [2.05, 4.69) is 19.0 Å². The highest BCUT2D eigenvalue weighted by Crippen LogP contribution is 1.98. The van der Waals surface area contributed by atoms with E-state index in [1.807, 2.05) is 13.3 Å². The molecular formula is C6H11ClN2. The predicted molar refractivity (Wildman–Crippen MR) is 33.8 cm³/mol. The molecule has 52 valence electrons. The summed E-state index contributed by atoms with van der Waals surface area (Å²) in [5, 5.41) is 0. The Morgan fingerprint density at radius 3 is 2.11 bits per heavy atom. The molecule has 1 atom stereocenters. The van der Waals surface area contributed by atoms with Crippen LogP contribution in [0.1, 0.15) is 13.8 Å². The molecule has 0 spiro atoms. The summed E-state index contributed by atoms with van der Waals surface area (Å²) in [6.07, 6.45) is 1.91. The molecule has 0 bridgehead atoms. The first-order valence-electron chi connectivity index (χ1n) is 2.77. The molecule has 0 saturated carbocycles. The van der Waals surface area contributed by atoms with Gasteiger partial charge >= 0.3 is 0 Å². The molecule has 1 unspecified atom stereocenters. The van der Waals surface area contributed by atoms with Crippen molar-refractivity contribution in [3.63, 3.8) is 0 Å². The molecule has 3 heteroatoms. The quantitative estimate of drug-likeness (QED) is 0.371. The van der Waals surface area contributed by atoms with Crippen LogP contribution in [-0.4, -0.2) is 13.4 Å². The topological polar surface area (TPSA) is 16.8 Å². The van der Waals surface area contributed by atoms with Crippen LogP contribution in [-0.2, 0) is 0 Å². The summed E-state index contributed by atoms with van der Waals surface area (Å²) >= 11 is 0. The Bertz CT molecular complexity index is 160. The summed E-state index contributed by atoms with van der Waals surface area (Å²) in [5.74, 6) is 0. The van der Waals surface area contributed by atoms with Crippen molar-refractivity contribution in [2.45, 2.75) is 13.8 Å². The first-order chi connectivity index (χ1) is 3.72. The Morgan fingerprint density at radius 2 is 2.00 bits per heavy atom. The van der Waals surface area contributed by atoms with Gasteiger partial charge in [-0.3, -0.25) is 4.90 Å². The fourth-order valence-electron chi connectivity index (χ4n) is 0.673. The van der Waals surface area contributed by atoms with Gasteiger partial charge in [0.2, 0.25) is 0 Å². The number of nitrogens with one attached hydrogen (secondary N) is 1. The summed E-state index contributed by atoms with van der Waals surface area (Å²) in [7, 11) is 2.08. The highest BCUT2D eigenvalue weighted by Gasteiger charge is 2.11. The Hall–Kier alpha value is -0.340. The molecule has 1 aliphatic heterocycles. The summed E-state index contributed by atoms with van der Waals surface area (Å²) in [4.78, 5) is 5.41. The minimum atomic E-state index is 0. The third kappa shape index (κ3) is 1.53. The number of hydrogen-bond acceptors (Lipinski definition) is 1. The maximum atomic E-state index is 4.12. The Kier molecular flexibility index (Phi) is 2.88. The van der Waals surface area contributed by atoms with Gasteiger partial charge in [0.25, 0.3) is 0 Å². The number of nitrogens with zero attached hydrogens (tertiary/aromatic N) is 1. The lowest BCUT2D eigenvalue weighted by molar-refractivity contribution is -0.726. The van der Waals surface area contributed by atoms with Crippen molar-refractivity contribution in [3.05, 3.63) is 11.4 Å². The van der Waals surface area contributed by atoms with E-state index in [1.165, 1.54) is 10.6 Å². The smallest absolute Gasteiger partial charge is 0.193 e. The van der Waals surface area contributed by atoms with Crippen LogP contribution in [0.25, 0.3) is 0 Å². The van der Waals surface area contributed by atoms with Crippen LogP contribution in [0.3, 0.4) is 0 Å². The van der Waals surface area contributed by atoms with Gasteiger partial charge in [-0.05, 0) is 6.92 Å². The third-order valence-corrected chi connectivity index (χ3v) is 1.59. The minimum absolute atomic E-state index is 0. The lowest BCUT2D eigenvalue weighted by Gasteiger charge is -1.98. The van der Waals surface area contributed by atoms with Crippen LogP contribution in [0.4, 0.5) is 0 Å². The lowest BCUT2D eigenvalue weighted by Crippen LogP contribution is -3.04. The van der Waals surface area contributed by atoms with E-state index in [0.717, 1.165) is 5.70 Å². The molecule has 1 rings (SSSR count). The number of rotatable bonds is 0. The fourth-order valence-corrected chi connectivity index (χ4v) is 0.673. The summed E-state index contributed by atoms with van der Waals surface area (Å²) in [5.41, 5.74) is 2.48. The first-order valence-corrected chi connectivity index (χ1v) is 2.77. The van der Waals surface area contributed by atoms with Crippen molar-refractivity contribution < 1.29 is 17.3 Å². The van der Waals surface area contributed by atoms with E-state index in [4.69, 9.17) is 0 Å². The zero-order chi connectivity index (χ0) is 6.15. The summed E-state index contributed by atoms with van der Waals surface area (Å²) in [6, 6.07) is 0. The van der Waals surface area contributed by atoms with Crippen LogP contribution in [0.15, 0.2) is 16.4 Å². The van der Waals surface area contributed by atoms with Gasteiger partial charge in [0.15, 0.2) is 6.34 Å². The Morgan fingerprint density at radius 1 is 1.44 bits per heavy atom. The second kappa shape index (κ2) is 2.99. The molecule has 0 radical (unpaired) electrons. The van der Waals surface area contributed by atoms with Crippen LogP contribution < -0.4 is 17.3 Å². The standard InChI is InChI=1S/C6H10N2.ClH/c1-5-6(2)8(3)4-7-5;/h4H,1-3H3;1H. The second-order valence-electron chi connectivity index (χ2n) is 2.15. The van der Waals surface area contributed by atoms with E-state index in [9.17, 15) is 0 Å². The number of halogens is 1. The van der Waals surface area contributed by atoms with Crippen LogP contribution in [0.2, 0.25) is 0 Å². The predicted octanol–water partition coefficient (Wildman–Crippen LogP) is -3.20. The average molecular weight is 147 g/mol. The number of allylic oxidation sites excluding steroid dienone is 2. The normalized spacial score (nSPS) is 24.6. The van der Waals surface area contributed by atoms with Crippen LogP contribution >= 0.6 is 0 Å². The maximum Gasteiger partial charge on any atom is 0.193 e. The van der Waals surface area contributed by atoms with Crippen molar-refractivity contribution >= 4 is 6.34 Å². The molecule has 1 N–H and O–H groups in total. The zero-order valence-corrected chi connectivity index (χ0v) is 6.66. The van der Waals surface area contributed by atoms with Gasteiger partial charge < -0.3 is 12.4 Å². The Balaban J connectivity index is 0.000000640. The maximum absolute atomic E-state index is 4.12. The van der Waals surface area contributed by atoms with E-state index in [0.29, 0.717) is 0 Å². The van der Waals surface area contributed by atoms with Gasteiger partial charge in [-0.25, -0.2) is 4.99 Å². The molecule has 1 heterocycles. The van der Waals surface area contributed by atoms with Crippen LogP contribution in [0, 0.1) is 0 Å². The van der Waals surface area contributed by atoms with E-state index in [1.54, 1.807) is 0 Å². The number of hydrogen-bond donors (Lipinski definition) is 1. The van der Waals surface area contributed by atoms with E-state index >= 15 is 0 Å². The van der Waals surface area contributed by atoms with Crippen molar-refractivity contribution in [3.8, 4) is 0 Å². The minimum Gasteiger partial charge on any atom is -1.00 e. The fraction of sp³-hybridized carbons (Fsp3) is 0.500. The molecule has 9 heavy (non-hydrogen) atoms. The van der Waals surface area contributed by atoms with Gasteiger partial charge in [-0.15, -0.1) is 0 Å². The second-order valence-corrected chi connectivity index (χ2v) is 2.15. The molecule has 0 fully saturated rings. The molecular weight excluding hydrogens is 136 g/mol. The molecule has 2 nitrogen and oxygen atoms in total. The van der Waals surface area contributed by atoms with Gasteiger partial charge in [0.05, 0.1) is 12.7 Å². The van der Waals surface area contributed by atoms with Gasteiger partial charge in [-0.2, -0.15) is 0 Å². The lowest BCUT2D eigenvalue weighted by atomic mass is 10.4. The van der Waals surface area contributed by atoms with Crippen molar-refractivity contribution in [2.75, 3.05) is 7.05 Å². The van der Waals surface area contributed by atoms with Crippen LogP contribution in [0.5, 0.6) is 0 Å².